The van der Waals surface area contributed by atoms with E-state index in [1.807, 2.05) is 14.0 Å². The van der Waals surface area contributed by atoms with Crippen LogP contribution in [0.3, 0.4) is 0 Å². The van der Waals surface area contributed by atoms with Crippen molar-refractivity contribution in [3.8, 4) is 5.75 Å². The van der Waals surface area contributed by atoms with Crippen LogP contribution >= 0.6 is 11.6 Å². The first-order chi connectivity index (χ1) is 20.4. The molecule has 0 unspecified atom stereocenters. The summed E-state index contributed by atoms with van der Waals surface area (Å²) in [7, 11) is -1.98. The van der Waals surface area contributed by atoms with Crippen molar-refractivity contribution in [2.75, 3.05) is 31.5 Å². The minimum Gasteiger partial charge on any atom is -0.488 e. The van der Waals surface area contributed by atoms with Crippen molar-refractivity contribution in [3.63, 3.8) is 0 Å². The van der Waals surface area contributed by atoms with Gasteiger partial charge in [0, 0.05) is 41.8 Å². The van der Waals surface area contributed by atoms with E-state index >= 15 is 0 Å². The van der Waals surface area contributed by atoms with Crippen LogP contribution in [0.1, 0.15) is 35.3 Å². The number of carbonyl (C=O) groups excluding carboxylic acids is 1. The average molecular weight is 630 g/mol. The van der Waals surface area contributed by atoms with Crippen molar-refractivity contribution >= 4 is 39.2 Å². The van der Waals surface area contributed by atoms with Crippen LogP contribution in [0, 0.1) is 5.92 Å². The zero-order chi connectivity index (χ0) is 31.3. The molecule has 0 radical (unpaired) electrons. The molecule has 0 spiro atoms. The molecular weight excluding hydrogens is 594 g/mol. The van der Waals surface area contributed by atoms with Gasteiger partial charge in [-0.3, -0.25) is 14.4 Å². The number of nitrogens with zero attached hydrogens (tertiary/aromatic N) is 2. The number of nitrogens with one attached hydrogen (secondary N) is 1. The second-order valence-electron chi connectivity index (χ2n) is 11.0. The number of carboxylic acids is 1. The normalized spacial score (nSPS) is 18.2. The van der Waals surface area contributed by atoms with Gasteiger partial charge in [-0.2, -0.15) is 0 Å². The fraction of sp³-hybridized carbons (Fsp3) is 0.355. The number of halogens is 1. The molecule has 43 heavy (non-hydrogen) atoms. The average Bonchev–Trinajstić information content (AvgIpc) is 3.00. The van der Waals surface area contributed by atoms with Crippen molar-refractivity contribution in [2.45, 2.75) is 43.9 Å². The molecule has 0 saturated heterocycles. The minimum absolute atomic E-state index is 0.0403. The highest BCUT2D eigenvalue weighted by atomic mass is 35.5. The Morgan fingerprint density at radius 3 is 2.44 bits per heavy atom. The topological polar surface area (TPSA) is 136 Å². The van der Waals surface area contributed by atoms with Crippen molar-refractivity contribution in [1.82, 2.24) is 9.80 Å². The van der Waals surface area contributed by atoms with Crippen LogP contribution in [0.15, 0.2) is 71.6 Å². The van der Waals surface area contributed by atoms with Gasteiger partial charge in [-0.15, -0.1) is 0 Å². The Bertz CT molecular complexity index is 1550. The van der Waals surface area contributed by atoms with Gasteiger partial charge in [0.1, 0.15) is 11.9 Å². The van der Waals surface area contributed by atoms with Gasteiger partial charge in [0.15, 0.2) is 0 Å². The van der Waals surface area contributed by atoms with E-state index in [9.17, 15) is 28.2 Å². The zero-order valence-corrected chi connectivity index (χ0v) is 25.8. The van der Waals surface area contributed by atoms with E-state index in [1.165, 1.54) is 24.3 Å². The molecule has 3 aromatic rings. The van der Waals surface area contributed by atoms with Crippen LogP contribution in [0.5, 0.6) is 5.75 Å². The predicted molar refractivity (Wildman–Crippen MR) is 164 cm³/mol. The number of benzene rings is 3. The number of amides is 1. The highest BCUT2D eigenvalue weighted by molar-refractivity contribution is 7.92. The summed E-state index contributed by atoms with van der Waals surface area (Å²) in [6.45, 7) is 4.95. The van der Waals surface area contributed by atoms with Crippen LogP contribution in [0.4, 0.5) is 5.69 Å². The summed E-state index contributed by atoms with van der Waals surface area (Å²) in [6.07, 6.45) is -0.403. The number of hydrogen-bond donors (Lipinski definition) is 3. The molecule has 3 atom stereocenters. The molecule has 1 heterocycles. The lowest BCUT2D eigenvalue weighted by atomic mass is 10.0. The number of carbonyl (C=O) groups is 2. The first kappa shape index (κ1) is 32.3. The molecule has 0 aromatic heterocycles. The second-order valence-corrected chi connectivity index (χ2v) is 13.1. The molecule has 0 aliphatic carbocycles. The third-order valence-electron chi connectivity index (χ3n) is 7.44. The van der Waals surface area contributed by atoms with Crippen LogP contribution in [-0.4, -0.2) is 79.2 Å². The molecule has 0 fully saturated rings. The first-order valence-electron chi connectivity index (χ1n) is 13.9. The Hall–Kier alpha value is -3.64. The summed E-state index contributed by atoms with van der Waals surface area (Å²) in [5.74, 6) is -0.840. The van der Waals surface area contributed by atoms with E-state index in [0.717, 1.165) is 5.56 Å². The number of rotatable bonds is 10. The Labute approximate surface area is 256 Å². The third-order valence-corrected chi connectivity index (χ3v) is 9.09. The van der Waals surface area contributed by atoms with Gasteiger partial charge in [0.2, 0.25) is 5.91 Å². The molecule has 12 heteroatoms. The molecule has 4 rings (SSSR count). The van der Waals surface area contributed by atoms with Gasteiger partial charge < -0.3 is 19.8 Å². The molecule has 3 N–H and O–H groups in total. The predicted octanol–water partition coefficient (Wildman–Crippen LogP) is 4.12. The summed E-state index contributed by atoms with van der Waals surface area (Å²) in [5, 5.41) is 19.5. The van der Waals surface area contributed by atoms with E-state index in [-0.39, 0.29) is 47.1 Å². The van der Waals surface area contributed by atoms with Crippen LogP contribution in [-0.2, 0) is 27.8 Å². The van der Waals surface area contributed by atoms with Gasteiger partial charge in [-0.1, -0.05) is 30.7 Å². The Morgan fingerprint density at radius 2 is 1.81 bits per heavy atom. The number of ether oxygens (including phenoxy) is 1. The van der Waals surface area contributed by atoms with E-state index in [4.69, 9.17) is 16.3 Å². The fourth-order valence-electron chi connectivity index (χ4n) is 4.97. The summed E-state index contributed by atoms with van der Waals surface area (Å²) in [6, 6.07) is 16.9. The largest absolute Gasteiger partial charge is 0.488 e. The van der Waals surface area contributed by atoms with Gasteiger partial charge in [-0.25, -0.2) is 13.2 Å². The number of likely N-dealkylation sites (N-methyl/N-ethyl adjacent to an activating group) is 1. The molecule has 0 bridgehead atoms. The number of fused-ring (bicyclic) bond motifs is 1. The molecule has 230 valence electrons. The summed E-state index contributed by atoms with van der Waals surface area (Å²) in [5.41, 5.74) is 1.95. The lowest BCUT2D eigenvalue weighted by Gasteiger charge is -2.34. The number of aliphatic hydroxyl groups excluding tert-OH is 1. The lowest BCUT2D eigenvalue weighted by molar-refractivity contribution is -0.134. The number of hydrogen-bond acceptors (Lipinski definition) is 7. The van der Waals surface area contributed by atoms with Crippen molar-refractivity contribution in [2.24, 2.45) is 5.92 Å². The van der Waals surface area contributed by atoms with E-state index in [0.29, 0.717) is 36.0 Å². The van der Waals surface area contributed by atoms with Crippen molar-refractivity contribution in [3.05, 3.63) is 88.4 Å². The number of anilines is 1. The zero-order valence-electron chi connectivity index (χ0n) is 24.2. The SMILES string of the molecule is C[C@@H]1CN([C@@H](C)CO)C(=O)Cc2cc(NS(=O)(=O)c3ccc(Cl)cc3)ccc2O[C@H]1CN(C)Cc1ccc(C(=O)O)cc1. The molecule has 1 aliphatic rings. The van der Waals surface area contributed by atoms with Gasteiger partial charge in [-0.05, 0) is 74.1 Å². The fourth-order valence-corrected chi connectivity index (χ4v) is 6.15. The Balaban J connectivity index is 1.60. The molecule has 0 saturated carbocycles. The van der Waals surface area contributed by atoms with Gasteiger partial charge in [0.25, 0.3) is 10.0 Å². The number of aromatic carboxylic acids is 1. The van der Waals surface area contributed by atoms with E-state index in [2.05, 4.69) is 9.62 Å². The van der Waals surface area contributed by atoms with Crippen LogP contribution < -0.4 is 9.46 Å². The minimum atomic E-state index is -3.91. The monoisotopic (exact) mass is 629 g/mol. The number of aliphatic hydroxyl groups is 1. The van der Waals surface area contributed by atoms with E-state index < -0.39 is 22.0 Å². The molecule has 1 amide bonds. The molecule has 10 nitrogen and oxygen atoms in total. The maximum absolute atomic E-state index is 13.5. The second kappa shape index (κ2) is 13.8. The third kappa shape index (κ3) is 8.26. The Kier molecular flexibility index (Phi) is 10.3. The smallest absolute Gasteiger partial charge is 0.335 e. The first-order valence-corrected chi connectivity index (χ1v) is 15.7. The van der Waals surface area contributed by atoms with Crippen LogP contribution in [0.2, 0.25) is 5.02 Å². The van der Waals surface area contributed by atoms with Gasteiger partial charge >= 0.3 is 5.97 Å². The van der Waals surface area contributed by atoms with E-state index in [1.54, 1.807) is 54.3 Å². The van der Waals surface area contributed by atoms with Gasteiger partial charge in [0.05, 0.1) is 29.5 Å². The highest BCUT2D eigenvalue weighted by Gasteiger charge is 2.31. The van der Waals surface area contributed by atoms with Crippen LogP contribution in [0.25, 0.3) is 0 Å². The highest BCUT2D eigenvalue weighted by Crippen LogP contribution is 2.30. The molecule has 1 aliphatic heterocycles. The standard InChI is InChI=1S/C31H36ClN3O7S/c1-20-16-35(21(2)19-36)30(37)15-24-14-26(33-43(40,41)27-11-8-25(32)9-12-27)10-13-28(24)42-29(20)18-34(3)17-22-4-6-23(7-5-22)31(38)39/h4-14,20-21,29,33,36H,15-19H2,1-3H3,(H,38,39)/t20-,21+,29+/m1/s1. The Morgan fingerprint density at radius 1 is 1.14 bits per heavy atom. The van der Waals surface area contributed by atoms with Crippen molar-refractivity contribution < 1.29 is 33.0 Å². The maximum atomic E-state index is 13.5. The summed E-state index contributed by atoms with van der Waals surface area (Å²) < 4.78 is 35.1. The molecule has 3 aromatic carbocycles. The lowest BCUT2D eigenvalue weighted by Crippen LogP contribution is -2.47. The number of carboxylic acid groups (broad SMARTS) is 1. The molecular formula is C31H36ClN3O7S. The maximum Gasteiger partial charge on any atom is 0.335 e. The number of sulfonamides is 1. The summed E-state index contributed by atoms with van der Waals surface area (Å²) >= 11 is 5.91. The quantitative estimate of drug-likeness (QED) is 0.305. The van der Waals surface area contributed by atoms with Crippen molar-refractivity contribution in [1.29, 1.82) is 0 Å². The summed E-state index contributed by atoms with van der Waals surface area (Å²) in [4.78, 5) is 28.4.